The molecule has 0 saturated carbocycles. The number of aromatic amines is 1. The second kappa shape index (κ2) is 10.1. The third-order valence-corrected chi connectivity index (χ3v) is 6.24. The largest absolute Gasteiger partial charge is 0.453 e. The first-order valence-electron chi connectivity index (χ1n) is 10.4. The molecule has 2 amide bonds. The number of hydrogen-bond acceptors (Lipinski definition) is 5. The van der Waals surface area contributed by atoms with Gasteiger partial charge in [-0.3, -0.25) is 9.78 Å². The number of pyridine rings is 1. The average Bonchev–Trinajstić information content (AvgIpc) is 3.49. The van der Waals surface area contributed by atoms with Gasteiger partial charge in [0.15, 0.2) is 0 Å². The van der Waals surface area contributed by atoms with E-state index in [9.17, 15) is 9.59 Å². The van der Waals surface area contributed by atoms with Gasteiger partial charge in [0, 0.05) is 28.4 Å². The number of aromatic nitrogens is 3. The number of amides is 2. The molecule has 1 fully saturated rings. The second-order valence-corrected chi connectivity index (χ2v) is 8.84. The van der Waals surface area contributed by atoms with Crippen molar-refractivity contribution < 1.29 is 14.3 Å². The minimum atomic E-state index is -0.774. The molecule has 4 rings (SSSR count). The Bertz CT molecular complexity index is 1070. The van der Waals surface area contributed by atoms with E-state index in [-0.39, 0.29) is 18.4 Å². The molecule has 1 aliphatic heterocycles. The number of carbonyl (C=O) groups is 2. The van der Waals surface area contributed by atoms with Crippen LogP contribution >= 0.6 is 22.6 Å². The average molecular weight is 545 g/mol. The summed E-state index contributed by atoms with van der Waals surface area (Å²) in [7, 11) is 1.28. The lowest BCUT2D eigenvalue weighted by molar-refractivity contribution is -0.134. The highest BCUT2D eigenvalue weighted by Crippen LogP contribution is 2.32. The molecule has 1 aromatic carbocycles. The molecule has 0 unspecified atom stereocenters. The van der Waals surface area contributed by atoms with Crippen molar-refractivity contribution >= 4 is 34.6 Å². The molecule has 1 aliphatic rings. The Kier molecular flexibility index (Phi) is 7.03. The van der Waals surface area contributed by atoms with Gasteiger partial charge in [-0.05, 0) is 65.3 Å². The zero-order chi connectivity index (χ0) is 22.5. The van der Waals surface area contributed by atoms with Gasteiger partial charge in [-0.25, -0.2) is 9.78 Å². The molecule has 0 aliphatic carbocycles. The molecule has 0 bridgehead atoms. The van der Waals surface area contributed by atoms with E-state index in [4.69, 9.17) is 4.74 Å². The van der Waals surface area contributed by atoms with E-state index in [0.29, 0.717) is 6.54 Å². The van der Waals surface area contributed by atoms with Gasteiger partial charge in [0.05, 0.1) is 25.0 Å². The van der Waals surface area contributed by atoms with Crippen LogP contribution in [0.15, 0.2) is 54.9 Å². The zero-order valence-corrected chi connectivity index (χ0v) is 19.8. The number of alkyl carbamates (subject to hydrolysis) is 1. The van der Waals surface area contributed by atoms with Crippen LogP contribution in [0.1, 0.15) is 30.4 Å². The van der Waals surface area contributed by atoms with E-state index >= 15 is 0 Å². The molecule has 2 N–H and O–H groups in total. The number of carbonyl (C=O) groups excluding carboxylic acids is 2. The molecule has 1 saturated heterocycles. The standard InChI is InChI=1S/C23H24IN5O3/c1-32-23(31)28-18(13-17-5-2-3-11-25-17)22(30)29-12-4-6-20(29)21-26-14-19(27-21)15-7-9-16(24)10-8-15/h2-3,5,7-11,14,18,20H,4,6,12-13H2,1H3,(H,26,27)(H,28,31)/t18-,20-/m0/s1. The fourth-order valence-electron chi connectivity index (χ4n) is 3.93. The summed E-state index contributed by atoms with van der Waals surface area (Å²) in [5, 5.41) is 2.68. The molecule has 3 aromatic rings. The van der Waals surface area contributed by atoms with Gasteiger partial charge in [0.25, 0.3) is 0 Å². The molecule has 2 aromatic heterocycles. The third kappa shape index (κ3) is 5.09. The van der Waals surface area contributed by atoms with Crippen LogP contribution in [0.5, 0.6) is 0 Å². The first-order valence-corrected chi connectivity index (χ1v) is 11.5. The van der Waals surface area contributed by atoms with Crippen molar-refractivity contribution in [1.82, 2.24) is 25.2 Å². The van der Waals surface area contributed by atoms with Crippen LogP contribution in [-0.4, -0.2) is 51.5 Å². The summed E-state index contributed by atoms with van der Waals surface area (Å²) in [5.41, 5.74) is 2.67. The van der Waals surface area contributed by atoms with Gasteiger partial charge >= 0.3 is 6.09 Å². The van der Waals surface area contributed by atoms with Gasteiger partial charge < -0.3 is 19.9 Å². The highest BCUT2D eigenvalue weighted by Gasteiger charge is 2.36. The van der Waals surface area contributed by atoms with Gasteiger partial charge in [0.1, 0.15) is 11.9 Å². The lowest BCUT2D eigenvalue weighted by atomic mass is 10.1. The quantitative estimate of drug-likeness (QED) is 0.461. The molecule has 3 heterocycles. The summed E-state index contributed by atoms with van der Waals surface area (Å²) in [6.07, 6.45) is 4.78. The molecular weight excluding hydrogens is 521 g/mol. The number of methoxy groups -OCH3 is 1. The van der Waals surface area contributed by atoms with Gasteiger partial charge in [-0.1, -0.05) is 18.2 Å². The van der Waals surface area contributed by atoms with E-state index in [2.05, 4.69) is 42.9 Å². The fraction of sp³-hybridized carbons (Fsp3) is 0.304. The van der Waals surface area contributed by atoms with Gasteiger partial charge in [0.2, 0.25) is 5.91 Å². The number of H-pyrrole nitrogens is 1. The van der Waals surface area contributed by atoms with Crippen molar-refractivity contribution in [3.05, 3.63) is 69.9 Å². The Hall–Kier alpha value is -2.95. The normalized spacial score (nSPS) is 16.6. The van der Waals surface area contributed by atoms with E-state index in [1.165, 1.54) is 7.11 Å². The maximum Gasteiger partial charge on any atom is 0.407 e. The summed E-state index contributed by atoms with van der Waals surface area (Å²) in [6.45, 7) is 0.602. The zero-order valence-electron chi connectivity index (χ0n) is 17.6. The third-order valence-electron chi connectivity index (χ3n) is 5.52. The van der Waals surface area contributed by atoms with Crippen molar-refractivity contribution in [3.8, 4) is 11.3 Å². The summed E-state index contributed by atoms with van der Waals surface area (Å²) in [4.78, 5) is 39.5. The minimum absolute atomic E-state index is 0.171. The number of likely N-dealkylation sites (tertiary alicyclic amines) is 1. The molecule has 9 heteroatoms. The SMILES string of the molecule is COC(=O)N[C@@H](Cc1ccccn1)C(=O)N1CCC[C@H]1c1ncc(-c2ccc(I)cc2)[nH]1. The number of ether oxygens (including phenoxy) is 1. The highest BCUT2D eigenvalue weighted by molar-refractivity contribution is 14.1. The molecule has 2 atom stereocenters. The van der Waals surface area contributed by atoms with Gasteiger partial charge in [-0.2, -0.15) is 0 Å². The number of hydrogen-bond donors (Lipinski definition) is 2. The highest BCUT2D eigenvalue weighted by atomic mass is 127. The van der Waals surface area contributed by atoms with Crippen LogP contribution < -0.4 is 5.32 Å². The van der Waals surface area contributed by atoms with Crippen LogP contribution in [0.4, 0.5) is 4.79 Å². The topological polar surface area (TPSA) is 100 Å². The summed E-state index contributed by atoms with van der Waals surface area (Å²) < 4.78 is 5.91. The number of halogens is 1. The second-order valence-electron chi connectivity index (χ2n) is 7.59. The first kappa shape index (κ1) is 22.3. The Balaban J connectivity index is 1.54. The van der Waals surface area contributed by atoms with Crippen molar-refractivity contribution in [1.29, 1.82) is 0 Å². The molecular formula is C23H24IN5O3. The van der Waals surface area contributed by atoms with Crippen LogP contribution in [-0.2, 0) is 16.0 Å². The molecule has 32 heavy (non-hydrogen) atoms. The van der Waals surface area contributed by atoms with Gasteiger partial charge in [-0.15, -0.1) is 0 Å². The molecule has 8 nitrogen and oxygen atoms in total. The number of rotatable bonds is 6. The van der Waals surface area contributed by atoms with E-state index < -0.39 is 12.1 Å². The van der Waals surface area contributed by atoms with Crippen molar-refractivity contribution in [2.24, 2.45) is 0 Å². The van der Waals surface area contributed by atoms with Crippen molar-refractivity contribution in [2.45, 2.75) is 31.3 Å². The molecule has 0 radical (unpaired) electrons. The summed E-state index contributed by atoms with van der Waals surface area (Å²) in [6, 6.07) is 12.7. The number of nitrogens with zero attached hydrogens (tertiary/aromatic N) is 3. The van der Waals surface area contributed by atoms with Crippen molar-refractivity contribution in [3.63, 3.8) is 0 Å². The monoisotopic (exact) mass is 545 g/mol. The predicted molar refractivity (Wildman–Crippen MR) is 128 cm³/mol. The minimum Gasteiger partial charge on any atom is -0.453 e. The maximum absolute atomic E-state index is 13.5. The number of imidazole rings is 1. The van der Waals surface area contributed by atoms with Crippen LogP contribution in [0.2, 0.25) is 0 Å². The van der Waals surface area contributed by atoms with Crippen LogP contribution in [0, 0.1) is 3.57 Å². The predicted octanol–water partition coefficient (Wildman–Crippen LogP) is 3.71. The first-order chi connectivity index (χ1) is 15.5. The molecule has 0 spiro atoms. The molecule has 166 valence electrons. The number of nitrogens with one attached hydrogen (secondary N) is 2. The van der Waals surface area contributed by atoms with E-state index in [1.54, 1.807) is 17.3 Å². The fourth-order valence-corrected chi connectivity index (χ4v) is 4.29. The number of benzene rings is 1. The summed E-state index contributed by atoms with van der Waals surface area (Å²) >= 11 is 2.27. The Labute approximate surface area is 199 Å². The lowest BCUT2D eigenvalue weighted by Crippen LogP contribution is -2.49. The maximum atomic E-state index is 13.5. The Morgan fingerprint density at radius 1 is 1.25 bits per heavy atom. The summed E-state index contributed by atoms with van der Waals surface area (Å²) in [5.74, 6) is 0.579. The Morgan fingerprint density at radius 3 is 2.78 bits per heavy atom. The Morgan fingerprint density at radius 2 is 2.06 bits per heavy atom. The van der Waals surface area contributed by atoms with E-state index in [0.717, 1.165) is 39.2 Å². The smallest absolute Gasteiger partial charge is 0.407 e. The van der Waals surface area contributed by atoms with E-state index in [1.807, 2.05) is 42.5 Å². The van der Waals surface area contributed by atoms with Crippen LogP contribution in [0.25, 0.3) is 11.3 Å². The lowest BCUT2D eigenvalue weighted by Gasteiger charge is -2.28. The van der Waals surface area contributed by atoms with Crippen LogP contribution in [0.3, 0.4) is 0 Å². The van der Waals surface area contributed by atoms with Crippen molar-refractivity contribution in [2.75, 3.05) is 13.7 Å².